The van der Waals surface area contributed by atoms with Crippen molar-refractivity contribution in [3.63, 3.8) is 0 Å². The summed E-state index contributed by atoms with van der Waals surface area (Å²) in [6.07, 6.45) is 4.45. The van der Waals surface area contributed by atoms with E-state index in [1.165, 1.54) is 12.4 Å². The van der Waals surface area contributed by atoms with Crippen molar-refractivity contribution < 1.29 is 4.79 Å². The zero-order valence-electron chi connectivity index (χ0n) is 9.51. The number of halogens is 1. The average Bonchev–Trinajstić information content (AvgIpc) is 2.70. The Morgan fingerprint density at radius 2 is 2.12 bits per heavy atom. The van der Waals surface area contributed by atoms with Crippen LogP contribution < -0.4 is 0 Å². The maximum absolute atomic E-state index is 12.2. The second kappa shape index (κ2) is 4.63. The van der Waals surface area contributed by atoms with Crippen LogP contribution in [0.2, 0.25) is 5.02 Å². The van der Waals surface area contributed by atoms with Gasteiger partial charge >= 0.3 is 0 Å². The molecule has 2 rings (SSSR count). The van der Waals surface area contributed by atoms with Crippen LogP contribution in [0, 0.1) is 6.92 Å². The lowest BCUT2D eigenvalue weighted by Crippen LogP contribution is -2.12. The number of hydrogen-bond acceptors (Lipinski definition) is 4. The van der Waals surface area contributed by atoms with Gasteiger partial charge in [-0.2, -0.15) is 5.10 Å². The van der Waals surface area contributed by atoms with E-state index in [1.54, 1.807) is 10.9 Å². The van der Waals surface area contributed by atoms with Crippen molar-refractivity contribution in [1.82, 2.24) is 19.7 Å². The highest BCUT2D eigenvalue weighted by Gasteiger charge is 2.19. The number of aromatic nitrogens is 4. The van der Waals surface area contributed by atoms with E-state index in [0.717, 1.165) is 5.69 Å². The van der Waals surface area contributed by atoms with Crippen molar-refractivity contribution >= 4 is 17.4 Å². The van der Waals surface area contributed by atoms with Crippen molar-refractivity contribution in [2.45, 2.75) is 20.4 Å². The molecule has 0 N–H and O–H groups in total. The van der Waals surface area contributed by atoms with E-state index in [1.807, 2.05) is 13.8 Å². The van der Waals surface area contributed by atoms with Crippen molar-refractivity contribution in [1.29, 1.82) is 0 Å². The first-order valence-electron chi connectivity index (χ1n) is 5.18. The number of carbonyl (C=O) groups is 1. The Morgan fingerprint density at radius 1 is 1.35 bits per heavy atom. The highest BCUT2D eigenvalue weighted by atomic mass is 35.5. The molecular formula is C11H11ClN4O. The Bertz CT molecular complexity index is 547. The van der Waals surface area contributed by atoms with Gasteiger partial charge in [0.15, 0.2) is 0 Å². The Kier molecular flexibility index (Phi) is 3.19. The van der Waals surface area contributed by atoms with E-state index in [9.17, 15) is 4.79 Å². The van der Waals surface area contributed by atoms with E-state index < -0.39 is 0 Å². The number of hydrogen-bond donors (Lipinski definition) is 0. The molecule has 0 bridgehead atoms. The van der Waals surface area contributed by atoms with Crippen LogP contribution in [-0.4, -0.2) is 25.5 Å². The predicted octanol–water partition coefficient (Wildman–Crippen LogP) is 1.89. The molecule has 6 heteroatoms. The predicted molar refractivity (Wildman–Crippen MR) is 63.1 cm³/mol. The summed E-state index contributed by atoms with van der Waals surface area (Å²) >= 11 is 5.95. The molecule has 0 aliphatic rings. The fraction of sp³-hybridized carbons (Fsp3) is 0.273. The van der Waals surface area contributed by atoms with Crippen LogP contribution in [0.3, 0.4) is 0 Å². The van der Waals surface area contributed by atoms with Crippen molar-refractivity contribution in [3.8, 4) is 0 Å². The highest BCUT2D eigenvalue weighted by molar-refractivity contribution is 6.34. The smallest absolute Gasteiger partial charge is 0.232 e. The van der Waals surface area contributed by atoms with Gasteiger partial charge in [-0.05, 0) is 13.8 Å². The van der Waals surface area contributed by atoms with Gasteiger partial charge < -0.3 is 0 Å². The largest absolute Gasteiger partial charge is 0.285 e. The molecule has 0 unspecified atom stereocenters. The molecule has 0 amide bonds. The van der Waals surface area contributed by atoms with Crippen molar-refractivity contribution in [2.24, 2.45) is 0 Å². The summed E-state index contributed by atoms with van der Waals surface area (Å²) in [5, 5.41) is 4.35. The van der Waals surface area contributed by atoms with Crippen LogP contribution in [0.1, 0.15) is 28.8 Å². The molecular weight excluding hydrogens is 240 g/mol. The molecule has 0 saturated heterocycles. The van der Waals surface area contributed by atoms with Gasteiger partial charge in [0.05, 0.1) is 23.1 Å². The van der Waals surface area contributed by atoms with Gasteiger partial charge in [0.25, 0.3) is 0 Å². The monoisotopic (exact) mass is 250 g/mol. The van der Waals surface area contributed by atoms with Gasteiger partial charge in [-0.1, -0.05) is 11.6 Å². The van der Waals surface area contributed by atoms with Crippen LogP contribution in [0.25, 0.3) is 0 Å². The van der Waals surface area contributed by atoms with Crippen LogP contribution >= 0.6 is 11.6 Å². The van der Waals surface area contributed by atoms with Gasteiger partial charge in [-0.25, -0.2) is 4.98 Å². The van der Waals surface area contributed by atoms with E-state index in [2.05, 4.69) is 15.1 Å². The molecule has 5 nitrogen and oxygen atoms in total. The molecule has 0 spiro atoms. The van der Waals surface area contributed by atoms with Crippen LogP contribution in [0.5, 0.6) is 0 Å². The van der Waals surface area contributed by atoms with Gasteiger partial charge in [-0.3, -0.25) is 14.5 Å². The lowest BCUT2D eigenvalue weighted by Gasteiger charge is -2.03. The third-order valence-electron chi connectivity index (χ3n) is 2.32. The molecule has 0 saturated carbocycles. The van der Waals surface area contributed by atoms with Crippen molar-refractivity contribution in [2.75, 3.05) is 0 Å². The Balaban J connectivity index is 2.43. The lowest BCUT2D eigenvalue weighted by molar-refractivity contribution is 0.102. The second-order valence-corrected chi connectivity index (χ2v) is 3.94. The second-order valence-electron chi connectivity index (χ2n) is 3.53. The molecule has 2 heterocycles. The first-order chi connectivity index (χ1) is 8.13. The van der Waals surface area contributed by atoms with Crippen LogP contribution in [-0.2, 0) is 6.54 Å². The SMILES string of the molecule is CCn1ncc(Cl)c1C(=O)c1cnc(C)cn1. The molecule has 2 aromatic heterocycles. The number of nitrogens with zero attached hydrogens (tertiary/aromatic N) is 4. The minimum absolute atomic E-state index is 0.262. The van der Waals surface area contributed by atoms with E-state index in [-0.39, 0.29) is 11.5 Å². The Morgan fingerprint density at radius 3 is 2.71 bits per heavy atom. The van der Waals surface area contributed by atoms with E-state index in [0.29, 0.717) is 17.3 Å². The summed E-state index contributed by atoms with van der Waals surface area (Å²) in [6.45, 7) is 4.28. The fourth-order valence-electron chi connectivity index (χ4n) is 1.46. The molecule has 0 radical (unpaired) electrons. The molecule has 0 atom stereocenters. The van der Waals surface area contributed by atoms with Crippen LogP contribution in [0.15, 0.2) is 18.6 Å². The zero-order valence-corrected chi connectivity index (χ0v) is 10.3. The zero-order chi connectivity index (χ0) is 12.4. The number of carbonyl (C=O) groups excluding carboxylic acids is 1. The maximum atomic E-state index is 12.2. The Hall–Kier alpha value is -1.75. The first-order valence-corrected chi connectivity index (χ1v) is 5.56. The molecule has 0 fully saturated rings. The topological polar surface area (TPSA) is 60.7 Å². The molecule has 0 aliphatic heterocycles. The molecule has 88 valence electrons. The molecule has 17 heavy (non-hydrogen) atoms. The number of rotatable bonds is 3. The van der Waals surface area contributed by atoms with Gasteiger partial charge in [0.2, 0.25) is 5.78 Å². The maximum Gasteiger partial charge on any atom is 0.232 e. The summed E-state index contributed by atoms with van der Waals surface area (Å²) in [4.78, 5) is 20.2. The summed E-state index contributed by atoms with van der Waals surface area (Å²) in [6, 6.07) is 0. The van der Waals surface area contributed by atoms with Crippen molar-refractivity contribution in [3.05, 3.63) is 40.7 Å². The third-order valence-corrected chi connectivity index (χ3v) is 2.60. The van der Waals surface area contributed by atoms with Crippen LogP contribution in [0.4, 0.5) is 0 Å². The van der Waals surface area contributed by atoms with Gasteiger partial charge in [-0.15, -0.1) is 0 Å². The lowest BCUT2D eigenvalue weighted by atomic mass is 10.2. The summed E-state index contributed by atoms with van der Waals surface area (Å²) in [5.41, 5.74) is 1.39. The minimum Gasteiger partial charge on any atom is -0.285 e. The summed E-state index contributed by atoms with van der Waals surface area (Å²) < 4.78 is 1.55. The average molecular weight is 251 g/mol. The molecule has 0 aliphatic carbocycles. The Labute approximate surface area is 103 Å². The normalized spacial score (nSPS) is 10.5. The summed E-state index contributed by atoms with van der Waals surface area (Å²) in [5.74, 6) is -0.262. The highest BCUT2D eigenvalue weighted by Crippen LogP contribution is 2.18. The van der Waals surface area contributed by atoms with E-state index >= 15 is 0 Å². The first kappa shape index (κ1) is 11.7. The fourth-order valence-corrected chi connectivity index (χ4v) is 1.69. The molecule has 0 aromatic carbocycles. The van der Waals surface area contributed by atoms with Gasteiger partial charge in [0.1, 0.15) is 11.4 Å². The number of ketones is 1. The standard InChI is InChI=1S/C11H11ClN4O/c1-3-16-10(8(12)5-15-16)11(17)9-6-13-7(2)4-14-9/h4-6H,3H2,1-2H3. The third kappa shape index (κ3) is 2.19. The quantitative estimate of drug-likeness (QED) is 0.781. The van der Waals surface area contributed by atoms with E-state index in [4.69, 9.17) is 11.6 Å². The minimum atomic E-state index is -0.262. The number of aryl methyl sites for hydroxylation is 2. The van der Waals surface area contributed by atoms with Gasteiger partial charge in [0, 0.05) is 12.7 Å². The summed E-state index contributed by atoms with van der Waals surface area (Å²) in [7, 11) is 0. The molecule has 2 aromatic rings.